The zero-order valence-corrected chi connectivity index (χ0v) is 14.7. The second-order valence-corrected chi connectivity index (χ2v) is 5.84. The highest BCUT2D eigenvalue weighted by Crippen LogP contribution is 2.36. The maximum atomic E-state index is 12.8. The molecule has 2 amide bonds. The molecular weight excluding hydrogens is 334 g/mol. The average Bonchev–Trinajstić information content (AvgIpc) is 2.89. The summed E-state index contributed by atoms with van der Waals surface area (Å²) in [6.45, 7) is 2.39. The Hall–Kier alpha value is -3.06. The van der Waals surface area contributed by atoms with Crippen LogP contribution in [-0.4, -0.2) is 37.0 Å². The van der Waals surface area contributed by atoms with Crippen molar-refractivity contribution in [3.8, 4) is 11.5 Å². The Labute approximate surface area is 151 Å². The molecule has 136 valence electrons. The molecule has 4 N–H and O–H groups in total. The van der Waals surface area contributed by atoms with Gasteiger partial charge < -0.3 is 20.9 Å². The predicted octanol–water partition coefficient (Wildman–Crippen LogP) is 1.97. The molecular formula is C19H21N3O4. The first-order valence-electron chi connectivity index (χ1n) is 8.30. The number of ether oxygens (including phenoxy) is 2. The summed E-state index contributed by atoms with van der Waals surface area (Å²) < 4.78 is 10.9. The number of fused-ring (bicyclic) bond motifs is 1. The highest BCUT2D eigenvalue weighted by molar-refractivity contribution is 6.23. The van der Waals surface area contributed by atoms with Crippen LogP contribution in [0.25, 0.3) is 0 Å². The fourth-order valence-corrected chi connectivity index (χ4v) is 3.17. The Morgan fingerprint density at radius 2 is 1.88 bits per heavy atom. The molecule has 0 saturated carbocycles. The van der Waals surface area contributed by atoms with Gasteiger partial charge in [0.1, 0.15) is 0 Å². The van der Waals surface area contributed by atoms with Crippen LogP contribution in [0.3, 0.4) is 0 Å². The maximum Gasteiger partial charge on any atom is 0.264 e. The van der Waals surface area contributed by atoms with E-state index in [0.717, 1.165) is 0 Å². The molecule has 0 aromatic heterocycles. The highest BCUT2D eigenvalue weighted by Gasteiger charge is 2.41. The van der Waals surface area contributed by atoms with Crippen LogP contribution in [0.5, 0.6) is 11.5 Å². The third-order valence-electron chi connectivity index (χ3n) is 4.39. The van der Waals surface area contributed by atoms with Gasteiger partial charge in [0.25, 0.3) is 11.8 Å². The zero-order chi connectivity index (χ0) is 18.8. The monoisotopic (exact) mass is 355 g/mol. The van der Waals surface area contributed by atoms with E-state index in [-0.39, 0.29) is 17.8 Å². The van der Waals surface area contributed by atoms with Gasteiger partial charge in [0.05, 0.1) is 30.9 Å². The smallest absolute Gasteiger partial charge is 0.264 e. The SMILES string of the molecule is CCOc1cc(C(CN)N2C(=O)c3cccc(N)c3C2=O)ccc1OC. The van der Waals surface area contributed by atoms with Gasteiger partial charge in [-0.2, -0.15) is 0 Å². The molecule has 26 heavy (non-hydrogen) atoms. The second-order valence-electron chi connectivity index (χ2n) is 5.84. The van der Waals surface area contributed by atoms with Crippen molar-refractivity contribution in [3.05, 3.63) is 53.1 Å². The van der Waals surface area contributed by atoms with Crippen molar-refractivity contribution in [2.24, 2.45) is 5.73 Å². The van der Waals surface area contributed by atoms with Gasteiger partial charge in [0.2, 0.25) is 0 Å². The number of amides is 2. The topological polar surface area (TPSA) is 108 Å². The summed E-state index contributed by atoms with van der Waals surface area (Å²) in [7, 11) is 1.55. The van der Waals surface area contributed by atoms with Crippen LogP contribution in [0.15, 0.2) is 36.4 Å². The first kappa shape index (κ1) is 17.8. The van der Waals surface area contributed by atoms with Crippen molar-refractivity contribution in [2.75, 3.05) is 26.0 Å². The van der Waals surface area contributed by atoms with Crippen LogP contribution in [0.2, 0.25) is 0 Å². The summed E-state index contributed by atoms with van der Waals surface area (Å²) in [5.74, 6) is 0.258. The van der Waals surface area contributed by atoms with E-state index in [1.54, 1.807) is 43.5 Å². The van der Waals surface area contributed by atoms with E-state index in [1.165, 1.54) is 4.90 Å². The third-order valence-corrected chi connectivity index (χ3v) is 4.39. The van der Waals surface area contributed by atoms with Crippen LogP contribution >= 0.6 is 0 Å². The van der Waals surface area contributed by atoms with Gasteiger partial charge in [-0.05, 0) is 36.8 Å². The molecule has 1 aliphatic heterocycles. The van der Waals surface area contributed by atoms with Gasteiger partial charge >= 0.3 is 0 Å². The van der Waals surface area contributed by atoms with E-state index >= 15 is 0 Å². The number of nitrogens with zero attached hydrogens (tertiary/aromatic N) is 1. The zero-order valence-electron chi connectivity index (χ0n) is 14.7. The molecule has 1 aliphatic rings. The molecule has 2 aromatic rings. The van der Waals surface area contributed by atoms with Crippen LogP contribution in [0, 0.1) is 0 Å². The molecule has 7 nitrogen and oxygen atoms in total. The summed E-state index contributed by atoms with van der Waals surface area (Å²) in [6.07, 6.45) is 0. The number of methoxy groups -OCH3 is 1. The van der Waals surface area contributed by atoms with Crippen molar-refractivity contribution in [3.63, 3.8) is 0 Å². The van der Waals surface area contributed by atoms with Gasteiger partial charge in [-0.25, -0.2) is 0 Å². The van der Waals surface area contributed by atoms with Crippen LogP contribution in [-0.2, 0) is 0 Å². The normalized spacial score (nSPS) is 14.3. The first-order chi connectivity index (χ1) is 12.5. The van der Waals surface area contributed by atoms with Gasteiger partial charge in [0, 0.05) is 12.2 Å². The number of hydrogen-bond donors (Lipinski definition) is 2. The lowest BCUT2D eigenvalue weighted by atomic mass is 10.0. The molecule has 3 rings (SSSR count). The summed E-state index contributed by atoms with van der Waals surface area (Å²) in [6, 6.07) is 9.46. The van der Waals surface area contributed by atoms with E-state index in [4.69, 9.17) is 20.9 Å². The van der Waals surface area contributed by atoms with Crippen LogP contribution < -0.4 is 20.9 Å². The lowest BCUT2D eigenvalue weighted by Crippen LogP contribution is -2.38. The minimum Gasteiger partial charge on any atom is -0.493 e. The van der Waals surface area contributed by atoms with Crippen molar-refractivity contribution < 1.29 is 19.1 Å². The minimum atomic E-state index is -0.632. The van der Waals surface area contributed by atoms with Crippen LogP contribution in [0.1, 0.15) is 39.2 Å². The Bertz CT molecular complexity index is 866. The quantitative estimate of drug-likeness (QED) is 0.606. The lowest BCUT2D eigenvalue weighted by molar-refractivity contribution is 0.0587. The number of imide groups is 1. The number of hydrogen-bond acceptors (Lipinski definition) is 6. The predicted molar refractivity (Wildman–Crippen MR) is 97.3 cm³/mol. The van der Waals surface area contributed by atoms with Gasteiger partial charge in [0.15, 0.2) is 11.5 Å². The lowest BCUT2D eigenvalue weighted by Gasteiger charge is -2.26. The number of benzene rings is 2. The molecule has 0 aliphatic carbocycles. The van der Waals surface area contributed by atoms with Crippen molar-refractivity contribution in [1.29, 1.82) is 0 Å². The Morgan fingerprint density at radius 1 is 1.12 bits per heavy atom. The fourth-order valence-electron chi connectivity index (χ4n) is 3.17. The third kappa shape index (κ3) is 2.76. The fraction of sp³-hybridized carbons (Fsp3) is 0.263. The molecule has 1 unspecified atom stereocenters. The van der Waals surface area contributed by atoms with Gasteiger partial charge in [-0.1, -0.05) is 12.1 Å². The first-order valence-corrected chi connectivity index (χ1v) is 8.30. The largest absolute Gasteiger partial charge is 0.493 e. The van der Waals surface area contributed by atoms with Gasteiger partial charge in [-0.15, -0.1) is 0 Å². The summed E-state index contributed by atoms with van der Waals surface area (Å²) in [5, 5.41) is 0. The molecule has 0 fully saturated rings. The summed E-state index contributed by atoms with van der Waals surface area (Å²) in [4.78, 5) is 26.8. The number of carbonyl (C=O) groups is 2. The Balaban J connectivity index is 2.03. The van der Waals surface area contributed by atoms with Crippen molar-refractivity contribution in [1.82, 2.24) is 4.90 Å². The van der Waals surface area contributed by atoms with E-state index in [0.29, 0.717) is 29.2 Å². The highest BCUT2D eigenvalue weighted by atomic mass is 16.5. The maximum absolute atomic E-state index is 12.8. The molecule has 0 bridgehead atoms. The molecule has 0 saturated heterocycles. The number of nitrogen functional groups attached to an aromatic ring is 1. The van der Waals surface area contributed by atoms with E-state index in [2.05, 4.69) is 0 Å². The average molecular weight is 355 g/mol. The van der Waals surface area contributed by atoms with E-state index < -0.39 is 17.9 Å². The summed E-state index contributed by atoms with van der Waals surface area (Å²) >= 11 is 0. The molecule has 0 spiro atoms. The van der Waals surface area contributed by atoms with E-state index in [9.17, 15) is 9.59 Å². The van der Waals surface area contributed by atoms with Crippen molar-refractivity contribution >= 4 is 17.5 Å². The number of anilines is 1. The summed E-state index contributed by atoms with van der Waals surface area (Å²) in [5.41, 5.74) is 13.3. The number of nitrogens with two attached hydrogens (primary N) is 2. The minimum absolute atomic E-state index is 0.0727. The Morgan fingerprint density at radius 3 is 2.50 bits per heavy atom. The number of carbonyl (C=O) groups excluding carboxylic acids is 2. The molecule has 1 atom stereocenters. The Kier molecular flexibility index (Phi) is 4.81. The second kappa shape index (κ2) is 7.05. The molecule has 1 heterocycles. The van der Waals surface area contributed by atoms with Crippen molar-refractivity contribution in [2.45, 2.75) is 13.0 Å². The molecule has 2 aromatic carbocycles. The van der Waals surface area contributed by atoms with E-state index in [1.807, 2.05) is 6.92 Å². The molecule has 7 heteroatoms. The molecule has 0 radical (unpaired) electrons. The van der Waals surface area contributed by atoms with Crippen LogP contribution in [0.4, 0.5) is 5.69 Å². The number of rotatable bonds is 6. The van der Waals surface area contributed by atoms with Gasteiger partial charge in [-0.3, -0.25) is 14.5 Å². The standard InChI is InChI=1S/C19H21N3O4/c1-3-26-16-9-11(7-8-15(16)25-2)14(10-20)22-18(23)12-5-4-6-13(21)17(12)19(22)24/h4-9,14H,3,10,20-21H2,1-2H3.